The Hall–Kier alpha value is -4.60. The first-order valence-corrected chi connectivity index (χ1v) is 11.7. The highest BCUT2D eigenvalue weighted by atomic mass is 19.1. The van der Waals surface area contributed by atoms with Crippen LogP contribution in [-0.2, 0) is 13.0 Å². The minimum Gasteiger partial charge on any atom is -0.494 e. The van der Waals surface area contributed by atoms with E-state index in [0.29, 0.717) is 41.2 Å². The number of fused-ring (bicyclic) bond motifs is 1. The van der Waals surface area contributed by atoms with Gasteiger partial charge in [0.1, 0.15) is 12.2 Å². The molecule has 5 rings (SSSR count). The summed E-state index contributed by atoms with van der Waals surface area (Å²) in [6.07, 6.45) is 2.16. The van der Waals surface area contributed by atoms with Crippen LogP contribution in [0.5, 0.6) is 5.75 Å². The lowest BCUT2D eigenvalue weighted by Gasteiger charge is -2.28. The maximum absolute atomic E-state index is 14.5. The van der Waals surface area contributed by atoms with Gasteiger partial charge in [-0.1, -0.05) is 11.2 Å². The zero-order valence-electron chi connectivity index (χ0n) is 20.6. The molecule has 1 aliphatic heterocycles. The highest BCUT2D eigenvalue weighted by Gasteiger charge is 2.33. The van der Waals surface area contributed by atoms with Crippen molar-refractivity contribution in [3.63, 3.8) is 0 Å². The third-order valence-electron chi connectivity index (χ3n) is 6.58. The first-order valence-electron chi connectivity index (χ1n) is 11.7. The van der Waals surface area contributed by atoms with E-state index in [-0.39, 0.29) is 29.5 Å². The van der Waals surface area contributed by atoms with E-state index in [9.17, 15) is 18.9 Å². The summed E-state index contributed by atoms with van der Waals surface area (Å²) < 4.78 is 22.4. The quantitative estimate of drug-likeness (QED) is 0.368. The molecule has 0 saturated heterocycles. The number of rotatable bonds is 6. The summed E-state index contributed by atoms with van der Waals surface area (Å²) in [5, 5.41) is 7.40. The number of carbonyl (C=O) groups excluding carboxylic acids is 1. The Balaban J connectivity index is 1.56. The number of ether oxygens (including phenoxy) is 1. The van der Waals surface area contributed by atoms with Gasteiger partial charge in [-0.3, -0.25) is 14.2 Å². The Morgan fingerprint density at radius 2 is 1.84 bits per heavy atom. The number of aromatic nitrogens is 3. The number of nitrogens with zero attached hydrogens (tertiary/aromatic N) is 5. The van der Waals surface area contributed by atoms with Crippen LogP contribution in [0.1, 0.15) is 32.9 Å². The summed E-state index contributed by atoms with van der Waals surface area (Å²) in [7, 11) is 1.37. The molecule has 0 radical (unpaired) electrons. The van der Waals surface area contributed by atoms with Crippen LogP contribution >= 0.6 is 0 Å². The van der Waals surface area contributed by atoms with Crippen molar-refractivity contribution in [3.05, 3.63) is 104 Å². The number of benzene rings is 2. The Bertz CT molecular complexity index is 1610. The fraction of sp³-hybridized carbons (Fsp3) is 0.222. The maximum Gasteiger partial charge on any atom is 0.277 e. The largest absolute Gasteiger partial charge is 0.494 e. The predicted molar refractivity (Wildman–Crippen MR) is 136 cm³/mol. The molecule has 0 aliphatic carbocycles. The van der Waals surface area contributed by atoms with E-state index in [1.165, 1.54) is 23.9 Å². The summed E-state index contributed by atoms with van der Waals surface area (Å²) in [4.78, 5) is 39.1. The third-order valence-corrected chi connectivity index (χ3v) is 6.58. The maximum atomic E-state index is 14.5. The summed E-state index contributed by atoms with van der Waals surface area (Å²) in [6.45, 7) is 3.81. The molecule has 37 heavy (non-hydrogen) atoms. The highest BCUT2D eigenvalue weighted by molar-refractivity contribution is 6.07. The number of hydrogen-bond donors (Lipinski definition) is 0. The van der Waals surface area contributed by atoms with E-state index in [2.05, 4.69) is 10.3 Å². The molecule has 1 aliphatic rings. The second-order valence-electron chi connectivity index (χ2n) is 8.84. The number of amides is 1. The van der Waals surface area contributed by atoms with Crippen molar-refractivity contribution in [2.24, 2.45) is 5.18 Å². The Morgan fingerprint density at radius 1 is 1.05 bits per heavy atom. The van der Waals surface area contributed by atoms with Crippen LogP contribution in [0.4, 0.5) is 10.1 Å². The molecule has 188 valence electrons. The molecule has 1 amide bonds. The normalized spacial score (nSPS) is 13.0. The number of methoxy groups -OCH3 is 1. The minimum atomic E-state index is -0.600. The second kappa shape index (κ2) is 9.45. The van der Waals surface area contributed by atoms with Crippen LogP contribution < -0.4 is 15.2 Å². The summed E-state index contributed by atoms with van der Waals surface area (Å²) in [5.41, 5.74) is 4.31. The van der Waals surface area contributed by atoms with Gasteiger partial charge in [-0.25, -0.2) is 9.07 Å². The zero-order valence-corrected chi connectivity index (χ0v) is 20.6. The molecule has 0 N–H and O–H groups in total. The monoisotopic (exact) mass is 501 g/mol. The lowest BCUT2D eigenvalue weighted by molar-refractivity contribution is 0.0973. The topological polar surface area (TPSA) is 98.8 Å². The van der Waals surface area contributed by atoms with Gasteiger partial charge in [-0.2, -0.15) is 10.0 Å². The number of hydrogen-bond acceptors (Lipinski definition) is 6. The van der Waals surface area contributed by atoms with E-state index in [0.717, 1.165) is 11.3 Å². The number of nitroso groups, excluding NO2 is 1. The number of carbonyl (C=O) groups is 1. The van der Waals surface area contributed by atoms with Gasteiger partial charge < -0.3 is 9.64 Å². The van der Waals surface area contributed by atoms with Crippen LogP contribution in [0.2, 0.25) is 0 Å². The predicted octanol–water partition coefficient (Wildman–Crippen LogP) is 4.26. The molecule has 2 aromatic heterocycles. The minimum absolute atomic E-state index is 0.0655. The average Bonchev–Trinajstić information content (AvgIpc) is 3.25. The van der Waals surface area contributed by atoms with Crippen LogP contribution in [0, 0.1) is 24.6 Å². The zero-order chi connectivity index (χ0) is 26.3. The Morgan fingerprint density at radius 3 is 2.54 bits per heavy atom. The van der Waals surface area contributed by atoms with E-state index in [1.54, 1.807) is 40.8 Å². The van der Waals surface area contributed by atoms with Gasteiger partial charge in [0.2, 0.25) is 0 Å². The molecule has 0 fully saturated rings. The van der Waals surface area contributed by atoms with Gasteiger partial charge in [0.15, 0.2) is 11.6 Å². The lowest BCUT2D eigenvalue weighted by Crippen LogP contribution is -2.39. The fourth-order valence-electron chi connectivity index (χ4n) is 4.71. The molecule has 9 nitrogen and oxygen atoms in total. The van der Waals surface area contributed by atoms with E-state index >= 15 is 0 Å². The van der Waals surface area contributed by atoms with Crippen molar-refractivity contribution in [1.29, 1.82) is 0 Å². The first-order chi connectivity index (χ1) is 17.8. The van der Waals surface area contributed by atoms with Gasteiger partial charge in [0, 0.05) is 35.6 Å². The molecule has 10 heteroatoms. The van der Waals surface area contributed by atoms with E-state index in [4.69, 9.17) is 4.74 Å². The summed E-state index contributed by atoms with van der Waals surface area (Å²) in [5.74, 6) is -0.866. The Kier molecular flexibility index (Phi) is 6.16. The van der Waals surface area contributed by atoms with Gasteiger partial charge in [-0.05, 0) is 62.2 Å². The summed E-state index contributed by atoms with van der Waals surface area (Å²) >= 11 is 0. The standard InChI is InChI=1S/C27H24FN5O4/c1-16-5-4-11-32(26(16)34)23-8-6-18(13-17(23)2)31-12-10-20-22(15-29-36)30-33(25(20)27(31)35)19-7-9-24(37-3)21(28)14-19/h4-9,11,13-14H,10,12,15H2,1-3H3. The molecule has 0 spiro atoms. The molecule has 0 saturated carbocycles. The van der Waals surface area contributed by atoms with Crippen molar-refractivity contribution in [2.75, 3.05) is 18.6 Å². The molecular weight excluding hydrogens is 477 g/mol. The molecule has 0 atom stereocenters. The molecule has 2 aromatic carbocycles. The van der Waals surface area contributed by atoms with Gasteiger partial charge in [0.05, 0.1) is 24.2 Å². The van der Waals surface area contributed by atoms with Gasteiger partial charge in [0.25, 0.3) is 11.5 Å². The van der Waals surface area contributed by atoms with Crippen LogP contribution in [0.3, 0.4) is 0 Å². The Labute approximate surface area is 211 Å². The van der Waals surface area contributed by atoms with Crippen molar-refractivity contribution < 1.29 is 13.9 Å². The number of halogens is 1. The number of anilines is 1. The molecular formula is C27H24FN5O4. The van der Waals surface area contributed by atoms with Crippen molar-refractivity contribution in [1.82, 2.24) is 14.3 Å². The number of aryl methyl sites for hydroxylation is 2. The van der Waals surface area contributed by atoms with E-state index < -0.39 is 5.82 Å². The fourth-order valence-corrected chi connectivity index (χ4v) is 4.71. The van der Waals surface area contributed by atoms with E-state index in [1.807, 2.05) is 25.1 Å². The van der Waals surface area contributed by atoms with Crippen molar-refractivity contribution in [2.45, 2.75) is 26.8 Å². The van der Waals surface area contributed by atoms with Gasteiger partial charge >= 0.3 is 0 Å². The van der Waals surface area contributed by atoms with Crippen molar-refractivity contribution >= 4 is 11.6 Å². The SMILES string of the molecule is COc1ccc(-n2nc(CN=O)c3c2C(=O)N(c2ccc(-n4cccc(C)c4=O)c(C)c2)CC3)cc1F. The second-order valence-corrected chi connectivity index (χ2v) is 8.84. The third kappa shape index (κ3) is 4.10. The molecule has 4 aromatic rings. The lowest BCUT2D eigenvalue weighted by atomic mass is 10.0. The average molecular weight is 502 g/mol. The molecule has 0 unspecified atom stereocenters. The summed E-state index contributed by atoms with van der Waals surface area (Å²) in [6, 6.07) is 13.3. The number of pyridine rings is 1. The first kappa shape index (κ1) is 24.1. The van der Waals surface area contributed by atoms with Crippen LogP contribution in [0.25, 0.3) is 11.4 Å². The van der Waals surface area contributed by atoms with Crippen molar-refractivity contribution in [3.8, 4) is 17.1 Å². The highest BCUT2D eigenvalue weighted by Crippen LogP contribution is 2.31. The molecule has 3 heterocycles. The smallest absolute Gasteiger partial charge is 0.277 e. The van der Waals surface area contributed by atoms with Crippen LogP contribution in [-0.4, -0.2) is 33.9 Å². The molecule has 0 bridgehead atoms. The van der Waals surface area contributed by atoms with Gasteiger partial charge in [-0.15, -0.1) is 0 Å². The van der Waals surface area contributed by atoms with Crippen LogP contribution in [0.15, 0.2) is 64.7 Å².